The second-order valence-electron chi connectivity index (χ2n) is 6.88. The Kier molecular flexibility index (Phi) is 5.62. The van der Waals surface area contributed by atoms with Gasteiger partial charge in [-0.1, -0.05) is 24.3 Å². The van der Waals surface area contributed by atoms with Gasteiger partial charge in [-0.25, -0.2) is 4.98 Å². The minimum atomic E-state index is -4.38. The molecular weight excluding hydrogens is 407 g/mol. The molecule has 158 valence electrons. The van der Waals surface area contributed by atoms with Crippen molar-refractivity contribution >= 4 is 16.9 Å². The van der Waals surface area contributed by atoms with Crippen LogP contribution in [0.5, 0.6) is 5.75 Å². The number of benzene rings is 3. The molecule has 0 bridgehead atoms. The number of aromatic nitrogens is 2. The van der Waals surface area contributed by atoms with Crippen molar-refractivity contribution in [3.63, 3.8) is 0 Å². The third kappa shape index (κ3) is 5.03. The normalized spacial score (nSPS) is 11.5. The highest BCUT2D eigenvalue weighted by Crippen LogP contribution is 2.20. The standard InChI is InChI=1S/C23H18F3N3O2/c24-23(25,26)14-31-19-11-5-16(6-12-19)13-27-22(30)17-7-9-18(10-8-17)29-15-28-20-3-1-2-4-21(20)29/h1-12,15H,13-14H2,(H,27,30). The number of hydrogen-bond donors (Lipinski definition) is 1. The van der Waals surface area contributed by atoms with E-state index in [1.807, 2.05) is 41.0 Å². The summed E-state index contributed by atoms with van der Waals surface area (Å²) in [5.41, 5.74) is 3.99. The SMILES string of the molecule is O=C(NCc1ccc(OCC(F)(F)F)cc1)c1ccc(-n2cnc3ccccc32)cc1. The summed E-state index contributed by atoms with van der Waals surface area (Å²) in [4.78, 5) is 16.8. The van der Waals surface area contributed by atoms with Gasteiger partial charge in [-0.3, -0.25) is 9.36 Å². The van der Waals surface area contributed by atoms with Crippen LogP contribution in [0.1, 0.15) is 15.9 Å². The van der Waals surface area contributed by atoms with E-state index < -0.39 is 12.8 Å². The van der Waals surface area contributed by atoms with Crippen LogP contribution in [0.4, 0.5) is 13.2 Å². The maximum atomic E-state index is 12.4. The van der Waals surface area contributed by atoms with Gasteiger partial charge in [0.1, 0.15) is 12.1 Å². The van der Waals surface area contributed by atoms with E-state index in [0.29, 0.717) is 5.56 Å². The lowest BCUT2D eigenvalue weighted by molar-refractivity contribution is -0.153. The van der Waals surface area contributed by atoms with Crippen LogP contribution in [0.15, 0.2) is 79.1 Å². The number of carbonyl (C=O) groups is 1. The van der Waals surface area contributed by atoms with Crippen molar-refractivity contribution in [2.24, 2.45) is 0 Å². The summed E-state index contributed by atoms with van der Waals surface area (Å²) in [5.74, 6) is -0.130. The zero-order valence-corrected chi connectivity index (χ0v) is 16.3. The average molecular weight is 425 g/mol. The van der Waals surface area contributed by atoms with E-state index in [4.69, 9.17) is 0 Å². The molecule has 0 unspecified atom stereocenters. The van der Waals surface area contributed by atoms with Crippen LogP contribution in [0.3, 0.4) is 0 Å². The Bertz CT molecular complexity index is 1180. The molecule has 5 nitrogen and oxygen atoms in total. The number of halogens is 3. The van der Waals surface area contributed by atoms with Crippen LogP contribution >= 0.6 is 0 Å². The molecule has 1 amide bonds. The molecule has 31 heavy (non-hydrogen) atoms. The highest BCUT2D eigenvalue weighted by molar-refractivity contribution is 5.94. The van der Waals surface area contributed by atoms with Gasteiger partial charge in [-0.05, 0) is 54.1 Å². The first-order chi connectivity index (χ1) is 14.9. The summed E-state index contributed by atoms with van der Waals surface area (Å²) in [6.45, 7) is -1.10. The van der Waals surface area contributed by atoms with E-state index in [9.17, 15) is 18.0 Å². The molecule has 1 aromatic heterocycles. The summed E-state index contributed by atoms with van der Waals surface area (Å²) < 4.78 is 43.2. The number of ether oxygens (including phenoxy) is 1. The fourth-order valence-electron chi connectivity index (χ4n) is 3.09. The highest BCUT2D eigenvalue weighted by atomic mass is 19.4. The Hall–Kier alpha value is -3.81. The molecule has 0 atom stereocenters. The smallest absolute Gasteiger partial charge is 0.422 e. The number of nitrogens with zero attached hydrogens (tertiary/aromatic N) is 2. The molecule has 0 saturated heterocycles. The molecule has 3 aromatic carbocycles. The topological polar surface area (TPSA) is 56.1 Å². The molecule has 0 aliphatic rings. The van der Waals surface area contributed by atoms with E-state index in [1.165, 1.54) is 12.1 Å². The van der Waals surface area contributed by atoms with Crippen molar-refractivity contribution in [1.29, 1.82) is 0 Å². The molecule has 0 saturated carbocycles. The molecule has 1 heterocycles. The van der Waals surface area contributed by atoms with Crippen LogP contribution in [0.2, 0.25) is 0 Å². The predicted molar refractivity (Wildman–Crippen MR) is 110 cm³/mol. The lowest BCUT2D eigenvalue weighted by Crippen LogP contribution is -2.22. The van der Waals surface area contributed by atoms with Gasteiger partial charge in [-0.2, -0.15) is 13.2 Å². The van der Waals surface area contributed by atoms with E-state index in [0.717, 1.165) is 22.3 Å². The first-order valence-electron chi connectivity index (χ1n) is 9.48. The van der Waals surface area contributed by atoms with Crippen molar-refractivity contribution < 1.29 is 22.7 Å². The van der Waals surface area contributed by atoms with Crippen molar-refractivity contribution in [1.82, 2.24) is 14.9 Å². The van der Waals surface area contributed by atoms with Gasteiger partial charge in [0.25, 0.3) is 5.91 Å². The monoisotopic (exact) mass is 425 g/mol. The molecule has 8 heteroatoms. The van der Waals surface area contributed by atoms with E-state index in [-0.39, 0.29) is 18.2 Å². The minimum Gasteiger partial charge on any atom is -0.484 e. The van der Waals surface area contributed by atoms with Gasteiger partial charge >= 0.3 is 6.18 Å². The van der Waals surface area contributed by atoms with Crippen LogP contribution in [-0.2, 0) is 6.54 Å². The first-order valence-corrected chi connectivity index (χ1v) is 9.48. The Morgan fingerprint density at radius 1 is 0.968 bits per heavy atom. The highest BCUT2D eigenvalue weighted by Gasteiger charge is 2.28. The summed E-state index contributed by atoms with van der Waals surface area (Å²) in [7, 11) is 0. The third-order valence-corrected chi connectivity index (χ3v) is 4.64. The van der Waals surface area contributed by atoms with Gasteiger partial charge < -0.3 is 10.1 Å². The lowest BCUT2D eigenvalue weighted by Gasteiger charge is -2.10. The number of fused-ring (bicyclic) bond motifs is 1. The number of para-hydroxylation sites is 2. The molecule has 1 N–H and O–H groups in total. The maximum absolute atomic E-state index is 12.4. The molecule has 4 aromatic rings. The summed E-state index contributed by atoms with van der Waals surface area (Å²) >= 11 is 0. The quantitative estimate of drug-likeness (QED) is 0.478. The second kappa shape index (κ2) is 8.51. The number of alkyl halides is 3. The van der Waals surface area contributed by atoms with E-state index >= 15 is 0 Å². The molecule has 0 aliphatic heterocycles. The largest absolute Gasteiger partial charge is 0.484 e. The number of nitrogens with one attached hydrogen (secondary N) is 1. The Morgan fingerprint density at radius 2 is 1.68 bits per heavy atom. The van der Waals surface area contributed by atoms with Gasteiger partial charge in [0, 0.05) is 17.8 Å². The third-order valence-electron chi connectivity index (χ3n) is 4.64. The Labute approximate surface area is 176 Å². The Morgan fingerprint density at radius 3 is 2.39 bits per heavy atom. The predicted octanol–water partition coefficient (Wildman–Crippen LogP) is 4.90. The van der Waals surface area contributed by atoms with Crippen molar-refractivity contribution in [2.45, 2.75) is 12.7 Å². The fraction of sp³-hybridized carbons (Fsp3) is 0.130. The number of imidazole rings is 1. The Balaban J connectivity index is 1.36. The van der Waals surface area contributed by atoms with Gasteiger partial charge in [0.15, 0.2) is 6.61 Å². The second-order valence-corrected chi connectivity index (χ2v) is 6.88. The van der Waals surface area contributed by atoms with Crippen LogP contribution in [0, 0.1) is 0 Å². The van der Waals surface area contributed by atoms with Crippen LogP contribution < -0.4 is 10.1 Å². The van der Waals surface area contributed by atoms with Crippen molar-refractivity contribution in [3.05, 3.63) is 90.3 Å². The van der Waals surface area contributed by atoms with Crippen LogP contribution in [-0.4, -0.2) is 28.2 Å². The van der Waals surface area contributed by atoms with Crippen molar-refractivity contribution in [2.75, 3.05) is 6.61 Å². The zero-order chi connectivity index (χ0) is 21.8. The summed E-state index contributed by atoms with van der Waals surface area (Å²) in [5, 5.41) is 2.80. The summed E-state index contributed by atoms with van der Waals surface area (Å²) in [6.07, 6.45) is -2.64. The number of hydrogen-bond acceptors (Lipinski definition) is 3. The fourth-order valence-corrected chi connectivity index (χ4v) is 3.09. The van der Waals surface area contributed by atoms with Gasteiger partial charge in [0.2, 0.25) is 0 Å². The summed E-state index contributed by atoms with van der Waals surface area (Å²) in [6, 6.07) is 21.0. The molecule has 0 fully saturated rings. The molecule has 0 aliphatic carbocycles. The molecule has 0 radical (unpaired) electrons. The van der Waals surface area contributed by atoms with E-state index in [1.54, 1.807) is 30.6 Å². The molecule has 0 spiro atoms. The van der Waals surface area contributed by atoms with Gasteiger partial charge in [0.05, 0.1) is 11.0 Å². The average Bonchev–Trinajstić information content (AvgIpc) is 3.20. The van der Waals surface area contributed by atoms with Crippen LogP contribution in [0.25, 0.3) is 16.7 Å². The molecule has 4 rings (SSSR count). The minimum absolute atomic E-state index is 0.120. The van der Waals surface area contributed by atoms with E-state index in [2.05, 4.69) is 15.0 Å². The number of rotatable bonds is 6. The zero-order valence-electron chi connectivity index (χ0n) is 16.3. The maximum Gasteiger partial charge on any atom is 0.422 e. The number of amides is 1. The number of carbonyl (C=O) groups excluding carboxylic acids is 1. The van der Waals surface area contributed by atoms with Crippen molar-refractivity contribution in [3.8, 4) is 11.4 Å². The first kappa shape index (κ1) is 20.5. The molecular formula is C23H18F3N3O2. The lowest BCUT2D eigenvalue weighted by atomic mass is 10.1. The van der Waals surface area contributed by atoms with Gasteiger partial charge in [-0.15, -0.1) is 0 Å².